The van der Waals surface area contributed by atoms with Gasteiger partial charge in [0, 0.05) is 18.2 Å². The molecule has 0 radical (unpaired) electrons. The van der Waals surface area contributed by atoms with E-state index in [-0.39, 0.29) is 25.1 Å². The number of fused-ring (bicyclic) bond motifs is 1. The van der Waals surface area contributed by atoms with Gasteiger partial charge in [-0.1, -0.05) is 24.3 Å². The summed E-state index contributed by atoms with van der Waals surface area (Å²) < 4.78 is 23.9. The van der Waals surface area contributed by atoms with Gasteiger partial charge in [-0.15, -0.1) is 0 Å². The fourth-order valence-electron chi connectivity index (χ4n) is 2.07. The number of rotatable bonds is 4. The summed E-state index contributed by atoms with van der Waals surface area (Å²) in [5.74, 6) is 0.735. The first kappa shape index (κ1) is 14.1. The number of hydrogen-bond donors (Lipinski definition) is 1. The van der Waals surface area contributed by atoms with Crippen molar-refractivity contribution >= 4 is 12.0 Å². The van der Waals surface area contributed by atoms with Crippen molar-refractivity contribution in [1.29, 1.82) is 0 Å². The first-order valence-corrected chi connectivity index (χ1v) is 6.81. The lowest BCUT2D eigenvalue weighted by Crippen LogP contribution is -2.20. The first-order chi connectivity index (χ1) is 10.7. The average Bonchev–Trinajstić information content (AvgIpc) is 2.99. The Kier molecular flexibility index (Phi) is 4.05. The highest BCUT2D eigenvalue weighted by Crippen LogP contribution is 2.32. The van der Waals surface area contributed by atoms with Gasteiger partial charge in [0.15, 0.2) is 11.5 Å². The molecule has 112 valence electrons. The molecule has 1 N–H and O–H groups in total. The van der Waals surface area contributed by atoms with Crippen molar-refractivity contribution in [3.8, 4) is 11.5 Å². The van der Waals surface area contributed by atoms with Crippen LogP contribution in [0.1, 0.15) is 11.1 Å². The molecule has 0 saturated carbocycles. The van der Waals surface area contributed by atoms with Gasteiger partial charge in [0.05, 0.1) is 0 Å². The maximum absolute atomic E-state index is 13.4. The second kappa shape index (κ2) is 6.30. The molecule has 4 nitrogen and oxygen atoms in total. The number of benzene rings is 2. The van der Waals surface area contributed by atoms with E-state index in [9.17, 15) is 9.18 Å². The number of carbonyl (C=O) groups excluding carboxylic acids is 1. The van der Waals surface area contributed by atoms with Crippen LogP contribution in [0.3, 0.4) is 0 Å². The van der Waals surface area contributed by atoms with Gasteiger partial charge in [-0.2, -0.15) is 0 Å². The molecule has 0 fully saturated rings. The quantitative estimate of drug-likeness (QED) is 0.883. The van der Waals surface area contributed by atoms with Crippen LogP contribution in [-0.2, 0) is 11.3 Å². The topological polar surface area (TPSA) is 47.6 Å². The summed E-state index contributed by atoms with van der Waals surface area (Å²) in [6, 6.07) is 11.8. The Morgan fingerprint density at radius 2 is 2.00 bits per heavy atom. The van der Waals surface area contributed by atoms with Gasteiger partial charge in [0.25, 0.3) is 0 Å². The number of ether oxygens (including phenoxy) is 2. The van der Waals surface area contributed by atoms with Crippen molar-refractivity contribution in [2.24, 2.45) is 0 Å². The third-order valence-electron chi connectivity index (χ3n) is 3.23. The van der Waals surface area contributed by atoms with Gasteiger partial charge in [-0.05, 0) is 29.8 Å². The van der Waals surface area contributed by atoms with Gasteiger partial charge in [-0.3, -0.25) is 4.79 Å². The molecule has 2 aromatic rings. The zero-order valence-corrected chi connectivity index (χ0v) is 11.7. The third-order valence-corrected chi connectivity index (χ3v) is 3.23. The smallest absolute Gasteiger partial charge is 0.244 e. The number of nitrogens with one attached hydrogen (secondary N) is 1. The second-order valence-electron chi connectivity index (χ2n) is 4.76. The summed E-state index contributed by atoms with van der Waals surface area (Å²) >= 11 is 0. The predicted molar refractivity (Wildman–Crippen MR) is 79.8 cm³/mol. The first-order valence-electron chi connectivity index (χ1n) is 6.81. The molecule has 0 saturated heterocycles. The van der Waals surface area contributed by atoms with E-state index in [1.165, 1.54) is 12.1 Å². The summed E-state index contributed by atoms with van der Waals surface area (Å²) in [6.07, 6.45) is 3.07. The normalized spacial score (nSPS) is 12.6. The molecule has 1 aliphatic rings. The highest BCUT2D eigenvalue weighted by atomic mass is 19.1. The molecule has 1 heterocycles. The Balaban J connectivity index is 1.58. The maximum Gasteiger partial charge on any atom is 0.244 e. The van der Waals surface area contributed by atoms with Crippen LogP contribution in [0.4, 0.5) is 4.39 Å². The molecule has 22 heavy (non-hydrogen) atoms. The number of carbonyl (C=O) groups is 1. The van der Waals surface area contributed by atoms with Crippen molar-refractivity contribution in [1.82, 2.24) is 5.32 Å². The van der Waals surface area contributed by atoms with Crippen molar-refractivity contribution in [3.63, 3.8) is 0 Å². The molecule has 0 spiro atoms. The highest BCUT2D eigenvalue weighted by molar-refractivity contribution is 5.91. The zero-order chi connectivity index (χ0) is 15.4. The number of amides is 1. The van der Waals surface area contributed by atoms with E-state index in [1.54, 1.807) is 36.4 Å². The lowest BCUT2D eigenvalue weighted by Gasteiger charge is -2.03. The van der Waals surface area contributed by atoms with Crippen LogP contribution in [0, 0.1) is 5.82 Å². The minimum Gasteiger partial charge on any atom is -0.454 e. The Labute approximate surface area is 127 Å². The van der Waals surface area contributed by atoms with Crippen LogP contribution in [0.2, 0.25) is 0 Å². The average molecular weight is 299 g/mol. The highest BCUT2D eigenvalue weighted by Gasteiger charge is 2.12. The fourth-order valence-corrected chi connectivity index (χ4v) is 2.07. The van der Waals surface area contributed by atoms with Crippen LogP contribution in [-0.4, -0.2) is 12.7 Å². The van der Waals surface area contributed by atoms with Gasteiger partial charge in [0.2, 0.25) is 12.7 Å². The second-order valence-corrected chi connectivity index (χ2v) is 4.76. The summed E-state index contributed by atoms with van der Waals surface area (Å²) in [7, 11) is 0. The van der Waals surface area contributed by atoms with Crippen LogP contribution < -0.4 is 14.8 Å². The monoisotopic (exact) mass is 299 g/mol. The van der Waals surface area contributed by atoms with Crippen LogP contribution in [0.15, 0.2) is 48.5 Å². The Morgan fingerprint density at radius 3 is 2.86 bits per heavy atom. The summed E-state index contributed by atoms with van der Waals surface area (Å²) in [5.41, 5.74) is 1.28. The molecule has 0 bridgehead atoms. The number of halogens is 1. The standard InChI is InChI=1S/C17H14FNO3/c18-14-4-2-1-3-13(14)10-19-17(20)8-6-12-5-7-15-16(9-12)22-11-21-15/h1-9H,10-11H2,(H,19,20)/b8-6+. The van der Waals surface area contributed by atoms with Crippen LogP contribution in [0.25, 0.3) is 6.08 Å². The Morgan fingerprint density at radius 1 is 1.18 bits per heavy atom. The fraction of sp³-hybridized carbons (Fsp3) is 0.118. The molecular formula is C17H14FNO3. The summed E-state index contributed by atoms with van der Waals surface area (Å²) in [4.78, 5) is 11.8. The van der Waals surface area contributed by atoms with E-state index in [4.69, 9.17) is 9.47 Å². The minimum absolute atomic E-state index is 0.150. The van der Waals surface area contributed by atoms with Crippen molar-refractivity contribution < 1.29 is 18.7 Å². The molecule has 0 atom stereocenters. The van der Waals surface area contributed by atoms with Gasteiger partial charge in [0.1, 0.15) is 5.82 Å². The van der Waals surface area contributed by atoms with E-state index in [2.05, 4.69) is 5.32 Å². The van der Waals surface area contributed by atoms with E-state index in [0.717, 1.165) is 5.56 Å². The number of hydrogen-bond acceptors (Lipinski definition) is 3. The van der Waals surface area contributed by atoms with Gasteiger partial charge >= 0.3 is 0 Å². The molecule has 3 rings (SSSR count). The van der Waals surface area contributed by atoms with Gasteiger partial charge < -0.3 is 14.8 Å². The molecule has 1 aliphatic heterocycles. The van der Waals surface area contributed by atoms with Crippen molar-refractivity contribution in [2.75, 3.05) is 6.79 Å². The van der Waals surface area contributed by atoms with E-state index < -0.39 is 0 Å². The largest absolute Gasteiger partial charge is 0.454 e. The zero-order valence-electron chi connectivity index (χ0n) is 11.7. The van der Waals surface area contributed by atoms with Crippen molar-refractivity contribution in [3.05, 3.63) is 65.5 Å². The predicted octanol–water partition coefficient (Wildman–Crippen LogP) is 2.88. The molecule has 5 heteroatoms. The van der Waals surface area contributed by atoms with Crippen LogP contribution in [0.5, 0.6) is 11.5 Å². The molecule has 1 amide bonds. The van der Waals surface area contributed by atoms with E-state index in [0.29, 0.717) is 17.1 Å². The molecule has 0 aromatic heterocycles. The third kappa shape index (κ3) is 3.25. The molecule has 2 aromatic carbocycles. The molecule has 0 unspecified atom stereocenters. The Hall–Kier alpha value is -2.82. The molecular weight excluding hydrogens is 285 g/mol. The lowest BCUT2D eigenvalue weighted by molar-refractivity contribution is -0.116. The van der Waals surface area contributed by atoms with Crippen molar-refractivity contribution in [2.45, 2.75) is 6.54 Å². The maximum atomic E-state index is 13.4. The molecule has 0 aliphatic carbocycles. The summed E-state index contributed by atoms with van der Waals surface area (Å²) in [5, 5.41) is 2.64. The minimum atomic E-state index is -0.331. The Bertz CT molecular complexity index is 728. The lowest BCUT2D eigenvalue weighted by atomic mass is 10.2. The summed E-state index contributed by atoms with van der Waals surface area (Å²) in [6.45, 7) is 0.364. The van der Waals surface area contributed by atoms with E-state index >= 15 is 0 Å². The van der Waals surface area contributed by atoms with Crippen LogP contribution >= 0.6 is 0 Å². The SMILES string of the molecule is O=C(/C=C/c1ccc2c(c1)OCO2)NCc1ccccc1F. The van der Waals surface area contributed by atoms with Gasteiger partial charge in [-0.25, -0.2) is 4.39 Å². The van der Waals surface area contributed by atoms with E-state index in [1.807, 2.05) is 6.07 Å².